The van der Waals surface area contributed by atoms with E-state index in [1.54, 1.807) is 0 Å². The molecule has 0 spiro atoms. The Morgan fingerprint density at radius 2 is 2.15 bits per heavy atom. The Morgan fingerprint density at radius 3 is 2.85 bits per heavy atom. The van der Waals surface area contributed by atoms with Crippen molar-refractivity contribution in [3.8, 4) is 0 Å². The Kier molecular flexibility index (Phi) is 2.10. The maximum Gasteiger partial charge on any atom is 0.135 e. The summed E-state index contributed by atoms with van der Waals surface area (Å²) in [4.78, 5) is 0. The van der Waals surface area contributed by atoms with E-state index in [4.69, 9.17) is 0 Å². The van der Waals surface area contributed by atoms with Crippen LogP contribution in [-0.2, 0) is 6.42 Å². The molecule has 0 bridgehead atoms. The normalized spacial score (nSPS) is 22.0. The first-order valence-corrected chi connectivity index (χ1v) is 5.14. The van der Waals surface area contributed by atoms with Crippen LogP contribution in [0.15, 0.2) is 0 Å². The summed E-state index contributed by atoms with van der Waals surface area (Å²) in [6.45, 7) is 6.62. The third-order valence-corrected chi connectivity index (χ3v) is 2.77. The minimum atomic E-state index is 0.488. The SMILES string of the molecule is CC(C)c1nnc2n1C(C)CCC2. The van der Waals surface area contributed by atoms with Crippen LogP contribution in [0.4, 0.5) is 0 Å². The minimum Gasteiger partial charge on any atom is -0.312 e. The van der Waals surface area contributed by atoms with Gasteiger partial charge in [0.25, 0.3) is 0 Å². The molecule has 0 amide bonds. The van der Waals surface area contributed by atoms with Gasteiger partial charge in [0.05, 0.1) is 0 Å². The lowest BCUT2D eigenvalue weighted by atomic mass is 10.0. The molecule has 0 saturated carbocycles. The fourth-order valence-electron chi connectivity index (χ4n) is 2.07. The second-order valence-electron chi connectivity index (χ2n) is 4.24. The Labute approximate surface area is 79.2 Å². The molecule has 0 saturated heterocycles. The molecule has 72 valence electrons. The number of hydrogen-bond acceptors (Lipinski definition) is 2. The van der Waals surface area contributed by atoms with E-state index in [0.717, 1.165) is 12.2 Å². The predicted molar refractivity (Wildman–Crippen MR) is 51.8 cm³/mol. The fourth-order valence-corrected chi connectivity index (χ4v) is 2.07. The van der Waals surface area contributed by atoms with E-state index >= 15 is 0 Å². The third kappa shape index (κ3) is 1.36. The molecule has 3 heteroatoms. The first-order valence-electron chi connectivity index (χ1n) is 5.14. The van der Waals surface area contributed by atoms with Gasteiger partial charge in [-0.3, -0.25) is 0 Å². The summed E-state index contributed by atoms with van der Waals surface area (Å²) in [6.07, 6.45) is 3.63. The van der Waals surface area contributed by atoms with Crippen LogP contribution in [-0.4, -0.2) is 14.8 Å². The standard InChI is InChI=1S/C10H17N3/c1-7(2)10-12-11-9-6-4-5-8(3)13(9)10/h7-8H,4-6H2,1-3H3. The summed E-state index contributed by atoms with van der Waals surface area (Å²) < 4.78 is 2.33. The molecule has 1 aromatic heterocycles. The van der Waals surface area contributed by atoms with Gasteiger partial charge in [-0.15, -0.1) is 10.2 Å². The van der Waals surface area contributed by atoms with Crippen molar-refractivity contribution in [1.29, 1.82) is 0 Å². The van der Waals surface area contributed by atoms with Gasteiger partial charge >= 0.3 is 0 Å². The summed E-state index contributed by atoms with van der Waals surface area (Å²) in [5, 5.41) is 8.50. The number of fused-ring (bicyclic) bond motifs is 1. The summed E-state index contributed by atoms with van der Waals surface area (Å²) in [5.74, 6) is 2.83. The molecular formula is C10H17N3. The average molecular weight is 179 g/mol. The average Bonchev–Trinajstić information content (AvgIpc) is 2.49. The summed E-state index contributed by atoms with van der Waals surface area (Å²) in [6, 6.07) is 0.594. The maximum absolute atomic E-state index is 4.26. The van der Waals surface area contributed by atoms with Gasteiger partial charge in [-0.25, -0.2) is 0 Å². The van der Waals surface area contributed by atoms with Crippen LogP contribution in [0.3, 0.4) is 0 Å². The summed E-state index contributed by atoms with van der Waals surface area (Å²) >= 11 is 0. The number of nitrogens with zero attached hydrogens (tertiary/aromatic N) is 3. The zero-order valence-electron chi connectivity index (χ0n) is 8.62. The van der Waals surface area contributed by atoms with E-state index in [2.05, 4.69) is 35.5 Å². The molecule has 13 heavy (non-hydrogen) atoms. The van der Waals surface area contributed by atoms with Crippen molar-refractivity contribution in [2.24, 2.45) is 0 Å². The monoisotopic (exact) mass is 179 g/mol. The van der Waals surface area contributed by atoms with Crippen molar-refractivity contribution in [3.05, 3.63) is 11.6 Å². The van der Waals surface area contributed by atoms with Crippen molar-refractivity contribution in [1.82, 2.24) is 14.8 Å². The van der Waals surface area contributed by atoms with Gasteiger partial charge in [0.2, 0.25) is 0 Å². The van der Waals surface area contributed by atoms with E-state index < -0.39 is 0 Å². The van der Waals surface area contributed by atoms with Gasteiger partial charge in [-0.05, 0) is 19.8 Å². The predicted octanol–water partition coefficient (Wildman–Crippen LogP) is 2.30. The smallest absolute Gasteiger partial charge is 0.135 e. The molecule has 1 aliphatic heterocycles. The highest BCUT2D eigenvalue weighted by atomic mass is 15.3. The lowest BCUT2D eigenvalue weighted by Gasteiger charge is -2.23. The molecule has 1 atom stereocenters. The number of rotatable bonds is 1. The molecule has 0 aromatic carbocycles. The van der Waals surface area contributed by atoms with E-state index in [-0.39, 0.29) is 0 Å². The van der Waals surface area contributed by atoms with Gasteiger partial charge in [-0.1, -0.05) is 13.8 Å². The van der Waals surface area contributed by atoms with E-state index in [1.165, 1.54) is 18.7 Å². The van der Waals surface area contributed by atoms with Crippen LogP contribution in [0.1, 0.15) is 57.2 Å². The largest absolute Gasteiger partial charge is 0.312 e. The molecule has 0 radical (unpaired) electrons. The topological polar surface area (TPSA) is 30.7 Å². The van der Waals surface area contributed by atoms with Gasteiger partial charge in [0.1, 0.15) is 11.6 Å². The van der Waals surface area contributed by atoms with Crippen LogP contribution in [0, 0.1) is 0 Å². The lowest BCUT2D eigenvalue weighted by Crippen LogP contribution is -2.18. The van der Waals surface area contributed by atoms with Gasteiger partial charge in [-0.2, -0.15) is 0 Å². The lowest BCUT2D eigenvalue weighted by molar-refractivity contribution is 0.409. The zero-order valence-corrected chi connectivity index (χ0v) is 8.62. The highest BCUT2D eigenvalue weighted by molar-refractivity contribution is 5.04. The molecule has 1 aliphatic rings. The number of hydrogen-bond donors (Lipinski definition) is 0. The van der Waals surface area contributed by atoms with Crippen molar-refractivity contribution in [2.45, 2.75) is 52.0 Å². The molecule has 2 rings (SSSR count). The van der Waals surface area contributed by atoms with Crippen LogP contribution < -0.4 is 0 Å². The first kappa shape index (κ1) is 8.73. The summed E-state index contributed by atoms with van der Waals surface area (Å²) in [7, 11) is 0. The van der Waals surface area contributed by atoms with Gasteiger partial charge < -0.3 is 4.57 Å². The molecule has 1 unspecified atom stereocenters. The molecular weight excluding hydrogens is 162 g/mol. The number of aromatic nitrogens is 3. The molecule has 2 heterocycles. The van der Waals surface area contributed by atoms with Crippen molar-refractivity contribution < 1.29 is 0 Å². The minimum absolute atomic E-state index is 0.488. The van der Waals surface area contributed by atoms with Crippen LogP contribution in [0.25, 0.3) is 0 Å². The highest BCUT2D eigenvalue weighted by Crippen LogP contribution is 2.27. The van der Waals surface area contributed by atoms with Crippen molar-refractivity contribution in [3.63, 3.8) is 0 Å². The van der Waals surface area contributed by atoms with E-state index in [0.29, 0.717) is 12.0 Å². The molecule has 0 aliphatic carbocycles. The third-order valence-electron chi connectivity index (χ3n) is 2.77. The second-order valence-corrected chi connectivity index (χ2v) is 4.24. The zero-order chi connectivity index (χ0) is 9.42. The van der Waals surface area contributed by atoms with Crippen LogP contribution >= 0.6 is 0 Å². The van der Waals surface area contributed by atoms with Gasteiger partial charge in [0, 0.05) is 18.4 Å². The molecule has 0 N–H and O–H groups in total. The van der Waals surface area contributed by atoms with E-state index in [1.807, 2.05) is 0 Å². The maximum atomic E-state index is 4.26. The van der Waals surface area contributed by atoms with Crippen LogP contribution in [0.5, 0.6) is 0 Å². The quantitative estimate of drug-likeness (QED) is 0.662. The number of aryl methyl sites for hydroxylation is 1. The Balaban J connectivity index is 2.44. The van der Waals surface area contributed by atoms with Crippen LogP contribution in [0.2, 0.25) is 0 Å². The summed E-state index contributed by atoms with van der Waals surface area (Å²) in [5.41, 5.74) is 0. The van der Waals surface area contributed by atoms with Crippen molar-refractivity contribution in [2.75, 3.05) is 0 Å². The Morgan fingerprint density at radius 1 is 1.38 bits per heavy atom. The highest BCUT2D eigenvalue weighted by Gasteiger charge is 2.22. The first-order chi connectivity index (χ1) is 6.20. The van der Waals surface area contributed by atoms with Gasteiger partial charge in [0.15, 0.2) is 0 Å². The Bertz CT molecular complexity index is 301. The van der Waals surface area contributed by atoms with Crippen molar-refractivity contribution >= 4 is 0 Å². The molecule has 1 aromatic rings. The molecule has 0 fully saturated rings. The second kappa shape index (κ2) is 3.13. The Hall–Kier alpha value is -0.860. The van der Waals surface area contributed by atoms with E-state index in [9.17, 15) is 0 Å². The fraction of sp³-hybridized carbons (Fsp3) is 0.800. The molecule has 3 nitrogen and oxygen atoms in total.